The molecule has 0 aliphatic heterocycles. The highest BCUT2D eigenvalue weighted by Crippen LogP contribution is 2.53. The summed E-state index contributed by atoms with van der Waals surface area (Å²) in [5.74, 6) is 1.75. The molecule has 0 unspecified atom stereocenters. The molecule has 6 heterocycles. The number of fused-ring (bicyclic) bond motifs is 15. The SMILES string of the molecule is c1ccc(-c2nc(-c3ccccc3)nc(-c3c(-n4c5ccccc5c5ccccc54)c(-n4c5ccccc5c5ccccc54)c(-n4c5ccccc5c5ccccc54)c4c5cccc6c7ccccc7n(c34)c65)n2)cc1. The summed E-state index contributed by atoms with van der Waals surface area (Å²) in [6.45, 7) is 0. The van der Waals surface area contributed by atoms with Gasteiger partial charge in [-0.25, -0.2) is 15.0 Å². The zero-order valence-electron chi connectivity index (χ0n) is 40.8. The first-order chi connectivity index (χ1) is 37.8. The van der Waals surface area contributed by atoms with Crippen LogP contribution in [0.3, 0.4) is 0 Å². The van der Waals surface area contributed by atoms with Crippen LogP contribution in [0, 0.1) is 0 Å². The molecule has 0 aliphatic rings. The van der Waals surface area contributed by atoms with Gasteiger partial charge >= 0.3 is 0 Å². The first-order valence-electron chi connectivity index (χ1n) is 25.9. The lowest BCUT2D eigenvalue weighted by Crippen LogP contribution is -2.13. The molecule has 0 saturated carbocycles. The molecule has 17 rings (SSSR count). The Kier molecular flexibility index (Phi) is 8.43. The number of para-hydroxylation sites is 8. The average molecular weight is 968 g/mol. The van der Waals surface area contributed by atoms with Crippen molar-refractivity contribution < 1.29 is 0 Å². The first kappa shape index (κ1) is 41.1. The Morgan fingerprint density at radius 3 is 0.974 bits per heavy atom. The van der Waals surface area contributed by atoms with Crippen LogP contribution >= 0.6 is 0 Å². The van der Waals surface area contributed by atoms with Crippen LogP contribution in [0.25, 0.3) is 155 Å². The minimum Gasteiger partial charge on any atom is -0.307 e. The Morgan fingerprint density at radius 2 is 0.539 bits per heavy atom. The molecule has 7 nitrogen and oxygen atoms in total. The molecule has 0 bridgehead atoms. The van der Waals surface area contributed by atoms with E-state index in [4.69, 9.17) is 15.0 Å². The lowest BCUT2D eigenvalue weighted by molar-refractivity contribution is 1.04. The molecule has 0 radical (unpaired) electrons. The molecule has 0 atom stereocenters. The molecular formula is C69H41N7. The summed E-state index contributed by atoms with van der Waals surface area (Å²) < 4.78 is 10.2. The van der Waals surface area contributed by atoms with Crippen LogP contribution in [-0.4, -0.2) is 33.1 Å². The first-order valence-corrected chi connectivity index (χ1v) is 25.9. The van der Waals surface area contributed by atoms with Gasteiger partial charge in [-0.15, -0.1) is 0 Å². The van der Waals surface area contributed by atoms with E-state index in [2.05, 4.69) is 255 Å². The van der Waals surface area contributed by atoms with E-state index < -0.39 is 0 Å². The molecule has 0 saturated heterocycles. The van der Waals surface area contributed by atoms with E-state index in [0.29, 0.717) is 17.5 Å². The lowest BCUT2D eigenvalue weighted by atomic mass is 9.98. The minimum atomic E-state index is 0.565. The molecule has 0 aliphatic carbocycles. The molecule has 17 aromatic rings. The number of nitrogens with zero attached hydrogens (tertiary/aromatic N) is 7. The van der Waals surface area contributed by atoms with Crippen LogP contribution in [0.4, 0.5) is 0 Å². The molecular weight excluding hydrogens is 927 g/mol. The van der Waals surface area contributed by atoms with Gasteiger partial charge in [0.25, 0.3) is 0 Å². The molecule has 11 aromatic carbocycles. The summed E-state index contributed by atoms with van der Waals surface area (Å²) in [5, 5.41) is 11.6. The molecule has 0 N–H and O–H groups in total. The van der Waals surface area contributed by atoms with Crippen molar-refractivity contribution in [2.45, 2.75) is 0 Å². The lowest BCUT2D eigenvalue weighted by Gasteiger charge is -2.26. The van der Waals surface area contributed by atoms with E-state index in [1.165, 1.54) is 32.3 Å². The second-order valence-electron chi connectivity index (χ2n) is 19.8. The van der Waals surface area contributed by atoms with Gasteiger partial charge in [-0.05, 0) is 42.5 Å². The zero-order chi connectivity index (χ0) is 49.6. The van der Waals surface area contributed by atoms with E-state index in [0.717, 1.165) is 105 Å². The van der Waals surface area contributed by atoms with Crippen LogP contribution in [0.2, 0.25) is 0 Å². The van der Waals surface area contributed by atoms with Gasteiger partial charge < -0.3 is 18.1 Å². The van der Waals surface area contributed by atoms with Crippen LogP contribution in [0.15, 0.2) is 249 Å². The minimum absolute atomic E-state index is 0.565. The van der Waals surface area contributed by atoms with Crippen molar-refractivity contribution in [2.24, 2.45) is 0 Å². The smallest absolute Gasteiger partial charge is 0.168 e. The fourth-order valence-corrected chi connectivity index (χ4v) is 12.9. The van der Waals surface area contributed by atoms with E-state index in [1.807, 2.05) is 12.1 Å². The molecule has 76 heavy (non-hydrogen) atoms. The standard InChI is InChI=1S/C69H41N7/c1-3-22-42(23-4-1)67-70-68(43-24-5-2-6-25-43)72-69(71-67)61-63-60(52-34-21-33-51-50-32-13-20-41-59(50)76(63)62(51)52)64(73-53-35-14-7-26-44(53)45-27-8-15-36-54(45)73)66(75-57-39-18-11-30-48(57)49-31-12-19-40-58(49)75)65(61)74-55-37-16-9-28-46(55)47-29-10-17-38-56(47)74/h1-41H. The largest absolute Gasteiger partial charge is 0.307 e. The van der Waals surface area contributed by atoms with Gasteiger partial charge in [0, 0.05) is 65.0 Å². The van der Waals surface area contributed by atoms with Crippen molar-refractivity contribution in [1.29, 1.82) is 0 Å². The van der Waals surface area contributed by atoms with E-state index in [9.17, 15) is 0 Å². The van der Waals surface area contributed by atoms with Crippen molar-refractivity contribution in [3.05, 3.63) is 249 Å². The fourth-order valence-electron chi connectivity index (χ4n) is 12.9. The summed E-state index contributed by atoms with van der Waals surface area (Å²) in [7, 11) is 0. The quantitative estimate of drug-likeness (QED) is 0.167. The van der Waals surface area contributed by atoms with Gasteiger partial charge in [0.05, 0.1) is 72.3 Å². The van der Waals surface area contributed by atoms with Gasteiger partial charge in [-0.2, -0.15) is 0 Å². The molecule has 352 valence electrons. The predicted molar refractivity (Wildman–Crippen MR) is 314 cm³/mol. The molecule has 6 aromatic heterocycles. The Balaban J connectivity index is 1.25. The highest BCUT2D eigenvalue weighted by Gasteiger charge is 2.35. The van der Waals surface area contributed by atoms with Gasteiger partial charge in [-0.3, -0.25) is 0 Å². The van der Waals surface area contributed by atoms with Crippen molar-refractivity contribution >= 4 is 104 Å². The Hall–Kier alpha value is -10.4. The third-order valence-electron chi connectivity index (χ3n) is 15.9. The zero-order valence-corrected chi connectivity index (χ0v) is 40.8. The maximum atomic E-state index is 5.77. The van der Waals surface area contributed by atoms with Crippen molar-refractivity contribution in [2.75, 3.05) is 0 Å². The monoisotopic (exact) mass is 967 g/mol. The van der Waals surface area contributed by atoms with E-state index in [-0.39, 0.29) is 0 Å². The number of benzene rings is 11. The number of aromatic nitrogens is 7. The Labute approximate surface area is 434 Å². The topological polar surface area (TPSA) is 57.9 Å². The Bertz CT molecular complexity index is 5010. The van der Waals surface area contributed by atoms with E-state index >= 15 is 0 Å². The Morgan fingerprint density at radius 1 is 0.224 bits per heavy atom. The summed E-state index contributed by atoms with van der Waals surface area (Å²) in [6.07, 6.45) is 0. The average Bonchev–Trinajstić information content (AvgIpc) is 4.45. The van der Waals surface area contributed by atoms with Crippen LogP contribution in [0.5, 0.6) is 0 Å². The number of rotatable bonds is 6. The maximum Gasteiger partial charge on any atom is 0.168 e. The van der Waals surface area contributed by atoms with Crippen molar-refractivity contribution in [3.63, 3.8) is 0 Å². The van der Waals surface area contributed by atoms with E-state index in [1.54, 1.807) is 0 Å². The third-order valence-corrected chi connectivity index (χ3v) is 15.9. The predicted octanol–water partition coefficient (Wildman–Crippen LogP) is 17.3. The number of hydrogen-bond acceptors (Lipinski definition) is 3. The van der Waals surface area contributed by atoms with Crippen molar-refractivity contribution in [1.82, 2.24) is 33.1 Å². The normalized spacial score (nSPS) is 12.2. The second kappa shape index (κ2) is 15.6. The third kappa shape index (κ3) is 5.52. The van der Waals surface area contributed by atoms with Gasteiger partial charge in [0.1, 0.15) is 0 Å². The summed E-state index contributed by atoms with van der Waals surface area (Å²) in [4.78, 5) is 16.9. The van der Waals surface area contributed by atoms with Gasteiger partial charge in [0.2, 0.25) is 0 Å². The summed E-state index contributed by atoms with van der Waals surface area (Å²) >= 11 is 0. The highest BCUT2D eigenvalue weighted by molar-refractivity contribution is 6.30. The van der Waals surface area contributed by atoms with Gasteiger partial charge in [0.15, 0.2) is 17.5 Å². The molecule has 0 amide bonds. The van der Waals surface area contributed by atoms with Crippen LogP contribution in [-0.2, 0) is 0 Å². The second-order valence-corrected chi connectivity index (χ2v) is 19.8. The van der Waals surface area contributed by atoms with Crippen LogP contribution in [0.1, 0.15) is 0 Å². The molecule has 0 fully saturated rings. The number of hydrogen-bond donors (Lipinski definition) is 0. The highest BCUT2D eigenvalue weighted by atomic mass is 15.1. The summed E-state index contributed by atoms with van der Waals surface area (Å²) in [6, 6.07) is 89.8. The maximum absolute atomic E-state index is 5.77. The molecule has 0 spiro atoms. The van der Waals surface area contributed by atoms with Crippen molar-refractivity contribution in [3.8, 4) is 51.2 Å². The van der Waals surface area contributed by atoms with Crippen LogP contribution < -0.4 is 0 Å². The van der Waals surface area contributed by atoms with Gasteiger partial charge in [-0.1, -0.05) is 206 Å². The fraction of sp³-hybridized carbons (Fsp3) is 0. The molecule has 7 heteroatoms. The summed E-state index contributed by atoms with van der Waals surface area (Å²) in [5.41, 5.74) is 15.5.